The summed E-state index contributed by atoms with van der Waals surface area (Å²) >= 11 is 0. The SMILES string of the molecule is CCC(O)CO[C@@H]1CCC[C@@H](C(C)(C)C)C1. The summed E-state index contributed by atoms with van der Waals surface area (Å²) in [6.45, 7) is 9.47. The maximum atomic E-state index is 9.49. The van der Waals surface area contributed by atoms with E-state index in [0.29, 0.717) is 18.1 Å². The molecule has 1 aliphatic rings. The molecule has 1 fully saturated rings. The predicted octanol–water partition coefficient (Wildman–Crippen LogP) is 3.38. The Morgan fingerprint density at radius 1 is 1.31 bits per heavy atom. The van der Waals surface area contributed by atoms with Crippen molar-refractivity contribution < 1.29 is 9.84 Å². The fourth-order valence-electron chi connectivity index (χ4n) is 2.45. The van der Waals surface area contributed by atoms with Gasteiger partial charge in [-0.2, -0.15) is 0 Å². The molecule has 1 N–H and O–H groups in total. The van der Waals surface area contributed by atoms with Crippen molar-refractivity contribution in [3.05, 3.63) is 0 Å². The predicted molar refractivity (Wildman–Crippen MR) is 67.5 cm³/mol. The van der Waals surface area contributed by atoms with E-state index >= 15 is 0 Å². The summed E-state index contributed by atoms with van der Waals surface area (Å²) in [6, 6.07) is 0. The van der Waals surface area contributed by atoms with Crippen molar-refractivity contribution in [3.63, 3.8) is 0 Å². The molecule has 96 valence electrons. The van der Waals surface area contributed by atoms with E-state index in [0.717, 1.165) is 12.3 Å². The summed E-state index contributed by atoms with van der Waals surface area (Å²) in [5.74, 6) is 0.769. The Labute approximate surface area is 100 Å². The molecule has 0 aromatic carbocycles. The standard InChI is InChI=1S/C14H28O2/c1-5-12(15)10-16-13-8-6-7-11(9-13)14(2,3)4/h11-13,15H,5-10H2,1-4H3/t11-,12?,13-/m1/s1. The first-order valence-electron chi connectivity index (χ1n) is 6.73. The first-order chi connectivity index (χ1) is 7.43. The number of ether oxygens (including phenoxy) is 1. The second-order valence-corrected chi connectivity index (χ2v) is 6.25. The van der Waals surface area contributed by atoms with Gasteiger partial charge in [-0.1, -0.05) is 34.1 Å². The third-order valence-electron chi connectivity index (χ3n) is 3.85. The molecule has 0 amide bonds. The number of aliphatic hydroxyl groups is 1. The molecule has 0 spiro atoms. The maximum Gasteiger partial charge on any atom is 0.0771 e. The van der Waals surface area contributed by atoms with Gasteiger partial charge in [0.1, 0.15) is 0 Å². The van der Waals surface area contributed by atoms with E-state index < -0.39 is 0 Å². The van der Waals surface area contributed by atoms with Gasteiger partial charge in [0, 0.05) is 0 Å². The number of hydrogen-bond donors (Lipinski definition) is 1. The topological polar surface area (TPSA) is 29.5 Å². The van der Waals surface area contributed by atoms with Crippen LogP contribution in [-0.4, -0.2) is 23.9 Å². The van der Waals surface area contributed by atoms with Crippen LogP contribution in [0.3, 0.4) is 0 Å². The molecule has 16 heavy (non-hydrogen) atoms. The Bertz CT molecular complexity index is 195. The number of rotatable bonds is 4. The van der Waals surface area contributed by atoms with Crippen molar-refractivity contribution in [3.8, 4) is 0 Å². The molecule has 0 bridgehead atoms. The van der Waals surface area contributed by atoms with E-state index in [9.17, 15) is 5.11 Å². The third-order valence-corrected chi connectivity index (χ3v) is 3.85. The Kier molecular flexibility index (Phi) is 5.26. The van der Waals surface area contributed by atoms with Crippen molar-refractivity contribution in [1.82, 2.24) is 0 Å². The Balaban J connectivity index is 2.33. The Hall–Kier alpha value is -0.0800. The maximum absolute atomic E-state index is 9.49. The molecule has 0 heterocycles. The molecule has 0 saturated heterocycles. The highest BCUT2D eigenvalue weighted by atomic mass is 16.5. The van der Waals surface area contributed by atoms with Gasteiger partial charge in [-0.25, -0.2) is 0 Å². The van der Waals surface area contributed by atoms with Crippen LogP contribution in [0.2, 0.25) is 0 Å². The van der Waals surface area contributed by atoms with Crippen molar-refractivity contribution in [2.24, 2.45) is 11.3 Å². The second-order valence-electron chi connectivity index (χ2n) is 6.25. The zero-order chi connectivity index (χ0) is 12.2. The van der Waals surface area contributed by atoms with Gasteiger partial charge in [0.2, 0.25) is 0 Å². The molecule has 0 radical (unpaired) electrons. The lowest BCUT2D eigenvalue weighted by Crippen LogP contribution is -2.32. The van der Waals surface area contributed by atoms with E-state index in [-0.39, 0.29) is 6.10 Å². The Morgan fingerprint density at radius 2 is 2.00 bits per heavy atom. The van der Waals surface area contributed by atoms with E-state index in [1.165, 1.54) is 25.7 Å². The molecular formula is C14H28O2. The minimum absolute atomic E-state index is 0.282. The molecule has 1 aliphatic carbocycles. The van der Waals surface area contributed by atoms with Crippen LogP contribution in [0.15, 0.2) is 0 Å². The van der Waals surface area contributed by atoms with Crippen LogP contribution < -0.4 is 0 Å². The van der Waals surface area contributed by atoms with Gasteiger partial charge in [0.25, 0.3) is 0 Å². The van der Waals surface area contributed by atoms with Gasteiger partial charge in [0.15, 0.2) is 0 Å². The summed E-state index contributed by atoms with van der Waals surface area (Å²) in [5.41, 5.74) is 0.394. The number of aliphatic hydroxyl groups excluding tert-OH is 1. The molecule has 1 saturated carbocycles. The summed E-state index contributed by atoms with van der Waals surface area (Å²) in [4.78, 5) is 0. The van der Waals surface area contributed by atoms with Crippen LogP contribution in [-0.2, 0) is 4.74 Å². The van der Waals surface area contributed by atoms with Gasteiger partial charge >= 0.3 is 0 Å². The second kappa shape index (κ2) is 6.02. The highest BCUT2D eigenvalue weighted by Gasteiger charge is 2.31. The zero-order valence-corrected chi connectivity index (χ0v) is 11.3. The van der Waals surface area contributed by atoms with Crippen LogP contribution >= 0.6 is 0 Å². The molecule has 1 unspecified atom stereocenters. The van der Waals surface area contributed by atoms with Gasteiger partial charge in [0.05, 0.1) is 18.8 Å². The average molecular weight is 228 g/mol. The highest BCUT2D eigenvalue weighted by molar-refractivity contribution is 4.81. The van der Waals surface area contributed by atoms with Gasteiger partial charge in [-0.05, 0) is 37.0 Å². The van der Waals surface area contributed by atoms with E-state index in [2.05, 4.69) is 20.8 Å². The van der Waals surface area contributed by atoms with Crippen molar-refractivity contribution >= 4 is 0 Å². The number of hydrogen-bond acceptors (Lipinski definition) is 2. The highest BCUT2D eigenvalue weighted by Crippen LogP contribution is 2.38. The van der Waals surface area contributed by atoms with Crippen LogP contribution in [0.4, 0.5) is 0 Å². The lowest BCUT2D eigenvalue weighted by atomic mass is 9.71. The molecule has 0 aromatic heterocycles. The van der Waals surface area contributed by atoms with Crippen molar-refractivity contribution in [2.45, 2.75) is 72.0 Å². The molecule has 2 nitrogen and oxygen atoms in total. The summed E-state index contributed by atoms with van der Waals surface area (Å²) < 4.78 is 5.81. The molecule has 3 atom stereocenters. The van der Waals surface area contributed by atoms with Crippen molar-refractivity contribution in [1.29, 1.82) is 0 Å². The first-order valence-corrected chi connectivity index (χ1v) is 6.73. The minimum Gasteiger partial charge on any atom is -0.391 e. The summed E-state index contributed by atoms with van der Waals surface area (Å²) in [6.07, 6.45) is 5.82. The largest absolute Gasteiger partial charge is 0.391 e. The molecule has 2 heteroatoms. The fourth-order valence-corrected chi connectivity index (χ4v) is 2.45. The Morgan fingerprint density at radius 3 is 2.56 bits per heavy atom. The van der Waals surface area contributed by atoms with Gasteiger partial charge < -0.3 is 9.84 Å². The van der Waals surface area contributed by atoms with Crippen LogP contribution in [0.5, 0.6) is 0 Å². The molecular weight excluding hydrogens is 200 g/mol. The molecule has 1 rings (SSSR count). The van der Waals surface area contributed by atoms with E-state index in [1.807, 2.05) is 6.92 Å². The normalized spacial score (nSPS) is 29.1. The molecule has 0 aromatic rings. The van der Waals surface area contributed by atoms with Gasteiger partial charge in [-0.15, -0.1) is 0 Å². The van der Waals surface area contributed by atoms with Crippen molar-refractivity contribution in [2.75, 3.05) is 6.61 Å². The van der Waals surface area contributed by atoms with Crippen LogP contribution in [0.1, 0.15) is 59.8 Å². The fraction of sp³-hybridized carbons (Fsp3) is 1.00. The zero-order valence-electron chi connectivity index (χ0n) is 11.3. The average Bonchev–Trinajstić information content (AvgIpc) is 2.25. The first kappa shape index (κ1) is 14.0. The monoisotopic (exact) mass is 228 g/mol. The van der Waals surface area contributed by atoms with Crippen LogP contribution in [0.25, 0.3) is 0 Å². The smallest absolute Gasteiger partial charge is 0.0771 e. The third kappa shape index (κ3) is 4.42. The minimum atomic E-state index is -0.282. The van der Waals surface area contributed by atoms with E-state index in [4.69, 9.17) is 4.74 Å². The lowest BCUT2D eigenvalue weighted by molar-refractivity contribution is -0.0442. The molecule has 0 aliphatic heterocycles. The lowest BCUT2D eigenvalue weighted by Gasteiger charge is -2.37. The van der Waals surface area contributed by atoms with Crippen LogP contribution in [0, 0.1) is 11.3 Å². The van der Waals surface area contributed by atoms with Gasteiger partial charge in [-0.3, -0.25) is 0 Å². The summed E-state index contributed by atoms with van der Waals surface area (Å²) in [7, 11) is 0. The summed E-state index contributed by atoms with van der Waals surface area (Å²) in [5, 5.41) is 9.49. The van der Waals surface area contributed by atoms with E-state index in [1.54, 1.807) is 0 Å². The quantitative estimate of drug-likeness (QED) is 0.799.